The molecule has 0 unspecified atom stereocenters. The molecule has 154 valence electrons. The first-order valence-corrected chi connectivity index (χ1v) is 9.56. The van der Waals surface area contributed by atoms with Crippen molar-refractivity contribution < 1.29 is 22.8 Å². The fourth-order valence-electron chi connectivity index (χ4n) is 3.26. The number of carbonyl (C=O) groups is 2. The van der Waals surface area contributed by atoms with Gasteiger partial charge in [0.05, 0.1) is 16.3 Å². The normalized spacial score (nSPS) is 15.3. The van der Waals surface area contributed by atoms with Gasteiger partial charge in [-0.3, -0.25) is 9.59 Å². The average molecular weight is 425 g/mol. The minimum Gasteiger partial charge on any atom is -0.339 e. The summed E-state index contributed by atoms with van der Waals surface area (Å²) in [7, 11) is 0. The lowest BCUT2D eigenvalue weighted by Crippen LogP contribution is -2.41. The summed E-state index contributed by atoms with van der Waals surface area (Å²) in [5, 5.41) is 2.54. The van der Waals surface area contributed by atoms with Crippen molar-refractivity contribution in [1.82, 2.24) is 4.90 Å². The van der Waals surface area contributed by atoms with Crippen molar-refractivity contribution >= 4 is 29.1 Å². The topological polar surface area (TPSA) is 49.4 Å². The molecule has 0 saturated carbocycles. The molecule has 1 fully saturated rings. The lowest BCUT2D eigenvalue weighted by atomic mass is 9.95. The standard InChI is InChI=1S/C21H20ClF3N2O2/c1-13-2-4-15(5-3-13)20(29)27-10-8-14(9-11-27)19(28)26-18-12-16(21(23,24)25)6-7-17(18)22/h2-7,12,14H,8-11H2,1H3,(H,26,28). The molecule has 4 nitrogen and oxygen atoms in total. The van der Waals surface area contributed by atoms with E-state index in [1.807, 2.05) is 19.1 Å². The van der Waals surface area contributed by atoms with E-state index in [0.717, 1.165) is 23.8 Å². The van der Waals surface area contributed by atoms with Crippen molar-refractivity contribution in [1.29, 1.82) is 0 Å². The summed E-state index contributed by atoms with van der Waals surface area (Å²) in [5.74, 6) is -0.888. The number of aryl methyl sites for hydroxylation is 1. The van der Waals surface area contributed by atoms with Crippen LogP contribution in [0.3, 0.4) is 0 Å². The zero-order chi connectivity index (χ0) is 21.2. The third-order valence-electron chi connectivity index (χ3n) is 5.00. The lowest BCUT2D eigenvalue weighted by molar-refractivity contribution is -0.137. The Bertz CT molecular complexity index is 905. The molecule has 0 aromatic heterocycles. The van der Waals surface area contributed by atoms with Gasteiger partial charge in [-0.2, -0.15) is 13.2 Å². The predicted octanol–water partition coefficient (Wildman–Crippen LogP) is 5.16. The molecule has 0 radical (unpaired) electrons. The van der Waals surface area contributed by atoms with Gasteiger partial charge in [-0.25, -0.2) is 0 Å². The van der Waals surface area contributed by atoms with Gasteiger partial charge in [0.1, 0.15) is 0 Å². The number of anilines is 1. The van der Waals surface area contributed by atoms with Crippen LogP contribution in [0.4, 0.5) is 18.9 Å². The van der Waals surface area contributed by atoms with E-state index in [1.165, 1.54) is 0 Å². The molecule has 8 heteroatoms. The largest absolute Gasteiger partial charge is 0.416 e. The SMILES string of the molecule is Cc1ccc(C(=O)N2CCC(C(=O)Nc3cc(C(F)(F)F)ccc3Cl)CC2)cc1. The molecule has 0 bridgehead atoms. The van der Waals surface area contributed by atoms with E-state index < -0.39 is 23.6 Å². The summed E-state index contributed by atoms with van der Waals surface area (Å²) in [4.78, 5) is 26.8. The number of benzene rings is 2. The van der Waals surface area contributed by atoms with Gasteiger partial charge >= 0.3 is 6.18 Å². The van der Waals surface area contributed by atoms with E-state index >= 15 is 0 Å². The van der Waals surface area contributed by atoms with Gasteiger partial charge in [-0.05, 0) is 50.1 Å². The smallest absolute Gasteiger partial charge is 0.339 e. The monoisotopic (exact) mass is 424 g/mol. The van der Waals surface area contributed by atoms with Gasteiger partial charge in [0.25, 0.3) is 5.91 Å². The first kappa shape index (κ1) is 21.2. The fourth-order valence-corrected chi connectivity index (χ4v) is 3.42. The summed E-state index contributed by atoms with van der Waals surface area (Å²) >= 11 is 5.94. The Hall–Kier alpha value is -2.54. The highest BCUT2D eigenvalue weighted by Crippen LogP contribution is 2.34. The lowest BCUT2D eigenvalue weighted by Gasteiger charge is -2.31. The second kappa shape index (κ2) is 8.45. The zero-order valence-electron chi connectivity index (χ0n) is 15.7. The van der Waals surface area contributed by atoms with E-state index in [4.69, 9.17) is 11.6 Å². The summed E-state index contributed by atoms with van der Waals surface area (Å²) in [6.45, 7) is 2.75. The fraction of sp³-hybridized carbons (Fsp3) is 0.333. The molecule has 1 N–H and O–H groups in total. The maximum Gasteiger partial charge on any atom is 0.416 e. The van der Waals surface area contributed by atoms with Crippen LogP contribution < -0.4 is 5.32 Å². The number of hydrogen-bond donors (Lipinski definition) is 1. The molecule has 2 amide bonds. The Morgan fingerprint density at radius 2 is 1.69 bits per heavy atom. The number of alkyl halides is 3. The Morgan fingerprint density at radius 3 is 2.28 bits per heavy atom. The van der Waals surface area contributed by atoms with Gasteiger partial charge in [-0.15, -0.1) is 0 Å². The molecule has 1 aliphatic rings. The van der Waals surface area contributed by atoms with Crippen LogP contribution in [-0.4, -0.2) is 29.8 Å². The Balaban J connectivity index is 1.60. The third-order valence-corrected chi connectivity index (χ3v) is 5.33. The van der Waals surface area contributed by atoms with E-state index in [2.05, 4.69) is 5.32 Å². The van der Waals surface area contributed by atoms with E-state index in [9.17, 15) is 22.8 Å². The summed E-state index contributed by atoms with van der Waals surface area (Å²) in [6.07, 6.45) is -3.66. The van der Waals surface area contributed by atoms with E-state index in [1.54, 1.807) is 17.0 Å². The number of amides is 2. The second-order valence-electron chi connectivity index (χ2n) is 7.11. The van der Waals surface area contributed by atoms with Crippen molar-refractivity contribution in [2.24, 2.45) is 5.92 Å². The van der Waals surface area contributed by atoms with Crippen molar-refractivity contribution in [3.63, 3.8) is 0 Å². The summed E-state index contributed by atoms with van der Waals surface area (Å²) in [5.41, 5.74) is 0.708. The summed E-state index contributed by atoms with van der Waals surface area (Å²) in [6, 6.07) is 10.1. The van der Waals surface area contributed by atoms with Gasteiger partial charge in [0.2, 0.25) is 5.91 Å². The molecule has 3 rings (SSSR count). The molecular formula is C21H20ClF3N2O2. The molecule has 1 heterocycles. The maximum absolute atomic E-state index is 12.9. The minimum atomic E-state index is -4.52. The molecule has 0 aliphatic carbocycles. The minimum absolute atomic E-state index is 0.0401. The molecule has 2 aromatic rings. The van der Waals surface area contributed by atoms with Crippen LogP contribution in [-0.2, 0) is 11.0 Å². The molecule has 29 heavy (non-hydrogen) atoms. The van der Waals surface area contributed by atoms with Gasteiger partial charge in [-0.1, -0.05) is 29.3 Å². The van der Waals surface area contributed by atoms with Crippen LogP contribution in [0.5, 0.6) is 0 Å². The number of hydrogen-bond acceptors (Lipinski definition) is 2. The van der Waals surface area contributed by atoms with Crippen LogP contribution in [0.15, 0.2) is 42.5 Å². The van der Waals surface area contributed by atoms with Crippen LogP contribution in [0.25, 0.3) is 0 Å². The van der Waals surface area contributed by atoms with E-state index in [-0.39, 0.29) is 16.6 Å². The highest BCUT2D eigenvalue weighted by molar-refractivity contribution is 6.33. The van der Waals surface area contributed by atoms with Crippen LogP contribution >= 0.6 is 11.6 Å². The highest BCUT2D eigenvalue weighted by Gasteiger charge is 2.32. The number of nitrogens with zero attached hydrogens (tertiary/aromatic N) is 1. The quantitative estimate of drug-likeness (QED) is 0.740. The predicted molar refractivity (Wildman–Crippen MR) is 105 cm³/mol. The number of halogens is 4. The Kier molecular flexibility index (Phi) is 6.17. The van der Waals surface area contributed by atoms with Crippen molar-refractivity contribution in [2.75, 3.05) is 18.4 Å². The third kappa shape index (κ3) is 5.09. The molecular weight excluding hydrogens is 405 g/mol. The molecule has 1 aliphatic heterocycles. The second-order valence-corrected chi connectivity index (χ2v) is 7.52. The van der Waals surface area contributed by atoms with Crippen LogP contribution in [0.1, 0.15) is 34.3 Å². The number of likely N-dealkylation sites (tertiary alicyclic amines) is 1. The molecule has 2 aromatic carbocycles. The number of rotatable bonds is 3. The first-order chi connectivity index (χ1) is 13.6. The molecule has 1 saturated heterocycles. The average Bonchev–Trinajstić information content (AvgIpc) is 2.69. The van der Waals surface area contributed by atoms with Crippen molar-refractivity contribution in [2.45, 2.75) is 25.9 Å². The molecule has 0 spiro atoms. The van der Waals surface area contributed by atoms with E-state index in [0.29, 0.717) is 31.5 Å². The van der Waals surface area contributed by atoms with Gasteiger partial charge in [0.15, 0.2) is 0 Å². The first-order valence-electron chi connectivity index (χ1n) is 9.18. The Morgan fingerprint density at radius 1 is 1.07 bits per heavy atom. The van der Waals surface area contributed by atoms with Crippen molar-refractivity contribution in [3.05, 3.63) is 64.2 Å². The molecule has 0 atom stereocenters. The highest BCUT2D eigenvalue weighted by atomic mass is 35.5. The van der Waals surface area contributed by atoms with Crippen LogP contribution in [0, 0.1) is 12.8 Å². The maximum atomic E-state index is 12.9. The van der Waals surface area contributed by atoms with Gasteiger partial charge in [0, 0.05) is 24.6 Å². The Labute approximate surface area is 171 Å². The van der Waals surface area contributed by atoms with Crippen LogP contribution in [0.2, 0.25) is 5.02 Å². The zero-order valence-corrected chi connectivity index (χ0v) is 16.5. The number of carbonyl (C=O) groups excluding carboxylic acids is 2. The number of piperidine rings is 1. The number of nitrogens with one attached hydrogen (secondary N) is 1. The van der Waals surface area contributed by atoms with Crippen molar-refractivity contribution in [3.8, 4) is 0 Å². The van der Waals surface area contributed by atoms with Gasteiger partial charge < -0.3 is 10.2 Å². The summed E-state index contributed by atoms with van der Waals surface area (Å²) < 4.78 is 38.6.